The van der Waals surface area contributed by atoms with Crippen LogP contribution in [0.4, 0.5) is 0 Å². The summed E-state index contributed by atoms with van der Waals surface area (Å²) in [7, 11) is -3.81. The number of ether oxygens (including phenoxy) is 1. The summed E-state index contributed by atoms with van der Waals surface area (Å²) in [6.45, 7) is 7.62. The van der Waals surface area contributed by atoms with E-state index < -0.39 is 10.0 Å². The largest absolute Gasteiger partial charge is 0.494 e. The van der Waals surface area contributed by atoms with E-state index in [0.29, 0.717) is 17.4 Å². The van der Waals surface area contributed by atoms with Gasteiger partial charge < -0.3 is 10.1 Å². The Kier molecular flexibility index (Phi) is 8.07. The van der Waals surface area contributed by atoms with Crippen LogP contribution >= 0.6 is 11.6 Å². The van der Waals surface area contributed by atoms with Gasteiger partial charge >= 0.3 is 0 Å². The number of amides is 1. The highest BCUT2D eigenvalue weighted by Crippen LogP contribution is 2.24. The van der Waals surface area contributed by atoms with E-state index in [1.165, 1.54) is 6.07 Å². The fraction of sp³-hybridized carbons (Fsp3) is 0.381. The van der Waals surface area contributed by atoms with E-state index >= 15 is 0 Å². The Bertz CT molecular complexity index is 946. The molecule has 158 valence electrons. The van der Waals surface area contributed by atoms with E-state index in [9.17, 15) is 13.2 Å². The van der Waals surface area contributed by atoms with Crippen molar-refractivity contribution in [3.8, 4) is 5.75 Å². The maximum Gasteiger partial charge on any atom is 0.243 e. The van der Waals surface area contributed by atoms with Crippen LogP contribution in [0.3, 0.4) is 0 Å². The Morgan fingerprint density at radius 2 is 1.83 bits per heavy atom. The average Bonchev–Trinajstić information content (AvgIpc) is 2.68. The number of likely N-dealkylation sites (N-methyl/N-ethyl adjacent to an activating group) is 1. The fourth-order valence-electron chi connectivity index (χ4n) is 2.90. The van der Waals surface area contributed by atoms with E-state index in [-0.39, 0.29) is 29.9 Å². The van der Waals surface area contributed by atoms with Crippen molar-refractivity contribution in [1.82, 2.24) is 9.62 Å². The molecule has 1 atom stereocenters. The van der Waals surface area contributed by atoms with Crippen molar-refractivity contribution < 1.29 is 17.9 Å². The molecule has 0 saturated carbocycles. The Balaban J connectivity index is 2.12. The summed E-state index contributed by atoms with van der Waals surface area (Å²) in [5, 5.41) is 3.45. The number of nitrogens with zero attached hydrogens (tertiary/aromatic N) is 1. The molecule has 0 aliphatic carbocycles. The summed E-state index contributed by atoms with van der Waals surface area (Å²) in [4.78, 5) is 12.6. The lowest BCUT2D eigenvalue weighted by molar-refractivity contribution is -0.121. The molecule has 0 fully saturated rings. The minimum atomic E-state index is -3.81. The lowest BCUT2D eigenvalue weighted by Crippen LogP contribution is -2.41. The molecule has 1 N–H and O–H groups in total. The molecule has 0 aliphatic heterocycles. The summed E-state index contributed by atoms with van der Waals surface area (Å²) >= 11 is 5.89. The molecular weight excluding hydrogens is 412 g/mol. The van der Waals surface area contributed by atoms with E-state index in [4.69, 9.17) is 16.3 Å². The molecule has 1 amide bonds. The third kappa shape index (κ3) is 5.95. The standard InChI is InChI=1S/C21H27ClN2O4S/c1-5-24(14-21(25)23-16(4)17-7-9-18(22)10-8-17)29(26,27)19-11-12-20(28-6-2)15(3)13-19/h7-13,16H,5-6,14H2,1-4H3,(H,23,25)/t16-/m0/s1. The molecular formula is C21H27ClN2O4S. The first kappa shape index (κ1) is 23.2. The average molecular weight is 439 g/mol. The number of hydrogen-bond donors (Lipinski definition) is 1. The van der Waals surface area contributed by atoms with Gasteiger partial charge in [0, 0.05) is 11.6 Å². The van der Waals surface area contributed by atoms with Crippen LogP contribution in [-0.2, 0) is 14.8 Å². The van der Waals surface area contributed by atoms with E-state index in [2.05, 4.69) is 5.32 Å². The topological polar surface area (TPSA) is 75.7 Å². The molecule has 2 rings (SSSR count). The lowest BCUT2D eigenvalue weighted by atomic mass is 10.1. The second-order valence-electron chi connectivity index (χ2n) is 6.63. The monoisotopic (exact) mass is 438 g/mol. The Hall–Kier alpha value is -2.09. The molecule has 0 saturated heterocycles. The number of aryl methyl sites for hydroxylation is 1. The van der Waals surface area contributed by atoms with Gasteiger partial charge in [0.1, 0.15) is 5.75 Å². The fourth-order valence-corrected chi connectivity index (χ4v) is 4.51. The highest BCUT2D eigenvalue weighted by molar-refractivity contribution is 7.89. The van der Waals surface area contributed by atoms with E-state index in [1.807, 2.05) is 26.0 Å². The van der Waals surface area contributed by atoms with Crippen LogP contribution in [0.25, 0.3) is 0 Å². The first-order chi connectivity index (χ1) is 13.7. The zero-order chi connectivity index (χ0) is 21.6. The van der Waals surface area contributed by atoms with Crippen molar-refractivity contribution in [2.45, 2.75) is 38.6 Å². The van der Waals surface area contributed by atoms with E-state index in [0.717, 1.165) is 15.4 Å². The molecule has 0 bridgehead atoms. The van der Waals surface area contributed by atoms with Crippen molar-refractivity contribution in [1.29, 1.82) is 0 Å². The summed E-state index contributed by atoms with van der Waals surface area (Å²) in [5.74, 6) is 0.268. The highest BCUT2D eigenvalue weighted by atomic mass is 35.5. The van der Waals surface area contributed by atoms with Gasteiger partial charge in [0.2, 0.25) is 15.9 Å². The van der Waals surface area contributed by atoms with Gasteiger partial charge in [0.05, 0.1) is 24.1 Å². The third-order valence-corrected chi connectivity index (χ3v) is 6.67. The van der Waals surface area contributed by atoms with Gasteiger partial charge in [-0.05, 0) is 62.2 Å². The van der Waals surface area contributed by atoms with Crippen LogP contribution in [-0.4, -0.2) is 38.3 Å². The zero-order valence-electron chi connectivity index (χ0n) is 17.1. The van der Waals surface area contributed by atoms with Crippen LogP contribution < -0.4 is 10.1 Å². The highest BCUT2D eigenvalue weighted by Gasteiger charge is 2.26. The molecule has 0 unspecified atom stereocenters. The van der Waals surface area contributed by atoms with Crippen molar-refractivity contribution in [3.63, 3.8) is 0 Å². The molecule has 0 heterocycles. The van der Waals surface area contributed by atoms with Crippen molar-refractivity contribution >= 4 is 27.5 Å². The molecule has 8 heteroatoms. The van der Waals surface area contributed by atoms with Crippen LogP contribution in [0.2, 0.25) is 5.02 Å². The molecule has 0 radical (unpaired) electrons. The summed E-state index contributed by atoms with van der Waals surface area (Å²) in [6, 6.07) is 11.6. The van der Waals surface area contributed by atoms with Crippen LogP contribution in [0.1, 0.15) is 37.9 Å². The zero-order valence-corrected chi connectivity index (χ0v) is 18.7. The van der Waals surface area contributed by atoms with E-state index in [1.54, 1.807) is 38.1 Å². The minimum absolute atomic E-state index is 0.138. The van der Waals surface area contributed by atoms with Crippen LogP contribution in [0.15, 0.2) is 47.4 Å². The van der Waals surface area contributed by atoms with Gasteiger partial charge in [-0.15, -0.1) is 0 Å². The van der Waals surface area contributed by atoms with Gasteiger partial charge in [-0.1, -0.05) is 30.7 Å². The summed E-state index contributed by atoms with van der Waals surface area (Å²) in [5.41, 5.74) is 1.61. The van der Waals surface area contributed by atoms with Gasteiger partial charge in [-0.3, -0.25) is 4.79 Å². The molecule has 6 nitrogen and oxygen atoms in total. The first-order valence-electron chi connectivity index (χ1n) is 9.47. The molecule has 29 heavy (non-hydrogen) atoms. The van der Waals surface area contributed by atoms with Gasteiger partial charge in [0.25, 0.3) is 0 Å². The molecule has 2 aromatic rings. The van der Waals surface area contributed by atoms with Gasteiger partial charge in [0.15, 0.2) is 0 Å². The van der Waals surface area contributed by atoms with Gasteiger partial charge in [-0.2, -0.15) is 4.31 Å². The number of halogens is 1. The summed E-state index contributed by atoms with van der Waals surface area (Å²) in [6.07, 6.45) is 0. The number of benzene rings is 2. The molecule has 0 aliphatic rings. The number of nitrogens with one attached hydrogen (secondary N) is 1. The first-order valence-corrected chi connectivity index (χ1v) is 11.3. The van der Waals surface area contributed by atoms with Crippen molar-refractivity contribution in [3.05, 3.63) is 58.6 Å². The number of hydrogen-bond acceptors (Lipinski definition) is 4. The predicted molar refractivity (Wildman–Crippen MR) is 115 cm³/mol. The second-order valence-corrected chi connectivity index (χ2v) is 9.01. The normalized spacial score (nSPS) is 12.6. The Labute approximate surface area is 177 Å². The molecule has 0 aromatic heterocycles. The SMILES string of the molecule is CCOc1ccc(S(=O)(=O)N(CC)CC(=O)N[C@@H](C)c2ccc(Cl)cc2)cc1C. The lowest BCUT2D eigenvalue weighted by Gasteiger charge is -2.22. The van der Waals surface area contributed by atoms with Crippen molar-refractivity contribution in [2.24, 2.45) is 0 Å². The quantitative estimate of drug-likeness (QED) is 0.643. The van der Waals surface area contributed by atoms with Crippen LogP contribution in [0.5, 0.6) is 5.75 Å². The smallest absolute Gasteiger partial charge is 0.243 e. The molecule has 0 spiro atoms. The Morgan fingerprint density at radius 3 is 2.38 bits per heavy atom. The number of carbonyl (C=O) groups is 1. The third-order valence-electron chi connectivity index (χ3n) is 4.50. The maximum atomic E-state index is 13.0. The Morgan fingerprint density at radius 1 is 1.17 bits per heavy atom. The number of rotatable bonds is 9. The number of sulfonamides is 1. The second kappa shape index (κ2) is 10.1. The number of carbonyl (C=O) groups excluding carboxylic acids is 1. The predicted octanol–water partition coefficient (Wildman–Crippen LogP) is 3.94. The van der Waals surface area contributed by atoms with Gasteiger partial charge in [-0.25, -0.2) is 8.42 Å². The van der Waals surface area contributed by atoms with Crippen LogP contribution in [0, 0.1) is 6.92 Å². The van der Waals surface area contributed by atoms with Crippen molar-refractivity contribution in [2.75, 3.05) is 19.7 Å². The molecule has 2 aromatic carbocycles. The minimum Gasteiger partial charge on any atom is -0.494 e. The summed E-state index contributed by atoms with van der Waals surface area (Å²) < 4.78 is 32.6. The maximum absolute atomic E-state index is 13.0.